The molecule has 1 heterocycles. The first kappa shape index (κ1) is 18.6. The summed E-state index contributed by atoms with van der Waals surface area (Å²) in [6.07, 6.45) is 0. The molecule has 2 aromatic carbocycles. The van der Waals surface area contributed by atoms with E-state index in [9.17, 15) is 5.11 Å². The Morgan fingerprint density at radius 2 is 1.77 bits per heavy atom. The first-order valence-electron chi connectivity index (χ1n) is 9.53. The number of nitrogens with one attached hydrogen (secondary N) is 1. The zero-order chi connectivity index (χ0) is 18.7. The molecule has 140 valence electrons. The molecule has 0 atom stereocenters. The topological polar surface area (TPSA) is 37.1 Å². The summed E-state index contributed by atoms with van der Waals surface area (Å²) in [5.74, 6) is 1.82. The minimum Gasteiger partial charge on any atom is -0.507 e. The summed E-state index contributed by atoms with van der Waals surface area (Å²) in [5, 5.41) is 10.4. The van der Waals surface area contributed by atoms with Crippen LogP contribution in [0.3, 0.4) is 0 Å². The molecule has 0 bridgehead atoms. The molecule has 4 nitrogen and oxygen atoms in total. The number of anilines is 1. The number of methoxy groups -OCH3 is 1. The van der Waals surface area contributed by atoms with Crippen molar-refractivity contribution < 1.29 is 14.7 Å². The van der Waals surface area contributed by atoms with Crippen LogP contribution in [0.25, 0.3) is 0 Å². The quantitative estimate of drug-likeness (QED) is 0.866. The Balaban J connectivity index is 1.62. The van der Waals surface area contributed by atoms with Crippen molar-refractivity contribution in [2.75, 3.05) is 38.2 Å². The van der Waals surface area contributed by atoms with E-state index in [1.807, 2.05) is 18.2 Å². The average Bonchev–Trinajstić information content (AvgIpc) is 2.64. The normalized spacial score (nSPS) is 15.5. The third-order valence-corrected chi connectivity index (χ3v) is 5.44. The van der Waals surface area contributed by atoms with E-state index >= 15 is 0 Å². The van der Waals surface area contributed by atoms with E-state index in [0.29, 0.717) is 11.7 Å². The molecule has 0 saturated carbocycles. The van der Waals surface area contributed by atoms with Crippen LogP contribution in [0.5, 0.6) is 11.5 Å². The standard InChI is InChI=1S/C22H30N2O2/c1-16(2)21-14-18(22(25)13-17(21)3)15-23-9-11-24(12-10-23)19-5-7-20(26-4)8-6-19/h5-8,13-14,16,25H,9-12,15H2,1-4H3/p+1. The van der Waals surface area contributed by atoms with E-state index in [2.05, 4.69) is 43.9 Å². The predicted octanol–water partition coefficient (Wildman–Crippen LogP) is 2.74. The van der Waals surface area contributed by atoms with Gasteiger partial charge in [0.05, 0.1) is 33.3 Å². The van der Waals surface area contributed by atoms with Crippen LogP contribution in [0.1, 0.15) is 36.5 Å². The van der Waals surface area contributed by atoms with Gasteiger partial charge < -0.3 is 19.6 Å². The highest BCUT2D eigenvalue weighted by atomic mass is 16.5. The molecule has 1 saturated heterocycles. The number of hydrogen-bond donors (Lipinski definition) is 2. The summed E-state index contributed by atoms with van der Waals surface area (Å²) < 4.78 is 5.24. The Morgan fingerprint density at radius 3 is 2.35 bits per heavy atom. The number of rotatable bonds is 5. The predicted molar refractivity (Wildman–Crippen MR) is 107 cm³/mol. The number of aromatic hydroxyl groups is 1. The molecule has 4 heteroatoms. The van der Waals surface area contributed by atoms with Gasteiger partial charge in [0.25, 0.3) is 0 Å². The summed E-state index contributed by atoms with van der Waals surface area (Å²) in [5.41, 5.74) is 4.85. The number of benzene rings is 2. The fourth-order valence-corrected chi connectivity index (χ4v) is 3.84. The number of phenols is 1. The van der Waals surface area contributed by atoms with E-state index in [1.54, 1.807) is 7.11 Å². The summed E-state index contributed by atoms with van der Waals surface area (Å²) in [6.45, 7) is 11.6. The van der Waals surface area contributed by atoms with Crippen LogP contribution in [0, 0.1) is 6.92 Å². The summed E-state index contributed by atoms with van der Waals surface area (Å²) in [7, 11) is 1.70. The van der Waals surface area contributed by atoms with Crippen molar-refractivity contribution in [1.82, 2.24) is 0 Å². The van der Waals surface area contributed by atoms with Gasteiger partial charge in [0, 0.05) is 11.3 Å². The van der Waals surface area contributed by atoms with Gasteiger partial charge in [0.1, 0.15) is 18.0 Å². The van der Waals surface area contributed by atoms with E-state index in [4.69, 9.17) is 4.74 Å². The lowest BCUT2D eigenvalue weighted by Crippen LogP contribution is -3.13. The molecular formula is C22H31N2O2+. The van der Waals surface area contributed by atoms with Gasteiger partial charge in [0.15, 0.2) is 0 Å². The number of aryl methyl sites for hydroxylation is 1. The maximum absolute atomic E-state index is 10.4. The number of piperazine rings is 1. The minimum absolute atomic E-state index is 0.442. The van der Waals surface area contributed by atoms with Crippen LogP contribution in [-0.4, -0.2) is 38.4 Å². The second-order valence-corrected chi connectivity index (χ2v) is 7.60. The molecule has 2 N–H and O–H groups in total. The van der Waals surface area contributed by atoms with Gasteiger partial charge in [-0.05, 0) is 60.4 Å². The molecule has 0 spiro atoms. The van der Waals surface area contributed by atoms with Gasteiger partial charge in [-0.3, -0.25) is 0 Å². The van der Waals surface area contributed by atoms with Crippen molar-refractivity contribution in [2.24, 2.45) is 0 Å². The highest BCUT2D eigenvalue weighted by Gasteiger charge is 2.22. The molecular weight excluding hydrogens is 324 g/mol. The Kier molecular flexibility index (Phi) is 5.72. The first-order chi connectivity index (χ1) is 12.5. The molecule has 26 heavy (non-hydrogen) atoms. The van der Waals surface area contributed by atoms with Crippen molar-refractivity contribution in [3.05, 3.63) is 53.1 Å². The smallest absolute Gasteiger partial charge is 0.124 e. The fraction of sp³-hybridized carbons (Fsp3) is 0.455. The minimum atomic E-state index is 0.442. The monoisotopic (exact) mass is 355 g/mol. The van der Waals surface area contributed by atoms with Crippen LogP contribution in [-0.2, 0) is 6.54 Å². The maximum atomic E-state index is 10.4. The molecule has 1 aliphatic rings. The molecule has 1 fully saturated rings. The third-order valence-electron chi connectivity index (χ3n) is 5.44. The van der Waals surface area contributed by atoms with Gasteiger partial charge >= 0.3 is 0 Å². The second kappa shape index (κ2) is 8.00. The maximum Gasteiger partial charge on any atom is 0.124 e. The highest BCUT2D eigenvalue weighted by Crippen LogP contribution is 2.27. The second-order valence-electron chi connectivity index (χ2n) is 7.60. The molecule has 0 unspecified atom stereocenters. The van der Waals surface area contributed by atoms with E-state index in [-0.39, 0.29) is 0 Å². The lowest BCUT2D eigenvalue weighted by molar-refractivity contribution is -0.914. The van der Waals surface area contributed by atoms with Gasteiger partial charge in [0.2, 0.25) is 0 Å². The lowest BCUT2D eigenvalue weighted by Gasteiger charge is -2.34. The molecule has 0 aliphatic carbocycles. The van der Waals surface area contributed by atoms with Crippen LogP contribution in [0.4, 0.5) is 5.69 Å². The zero-order valence-corrected chi connectivity index (χ0v) is 16.4. The van der Waals surface area contributed by atoms with Gasteiger partial charge in [-0.1, -0.05) is 13.8 Å². The molecule has 0 amide bonds. The van der Waals surface area contributed by atoms with Crippen molar-refractivity contribution in [1.29, 1.82) is 0 Å². The number of nitrogens with zero attached hydrogens (tertiary/aromatic N) is 1. The van der Waals surface area contributed by atoms with E-state index in [1.165, 1.54) is 21.7 Å². The van der Waals surface area contributed by atoms with Gasteiger partial charge in [-0.25, -0.2) is 0 Å². The summed E-state index contributed by atoms with van der Waals surface area (Å²) in [6, 6.07) is 12.4. The summed E-state index contributed by atoms with van der Waals surface area (Å²) in [4.78, 5) is 3.96. The zero-order valence-electron chi connectivity index (χ0n) is 16.4. The van der Waals surface area contributed by atoms with E-state index in [0.717, 1.165) is 44.0 Å². The number of phenolic OH excluding ortho intramolecular Hbond substituents is 1. The van der Waals surface area contributed by atoms with Crippen molar-refractivity contribution in [3.8, 4) is 11.5 Å². The Hall–Kier alpha value is -2.20. The molecule has 1 aliphatic heterocycles. The summed E-state index contributed by atoms with van der Waals surface area (Å²) >= 11 is 0. The highest BCUT2D eigenvalue weighted by molar-refractivity contribution is 5.49. The van der Waals surface area contributed by atoms with Crippen molar-refractivity contribution in [2.45, 2.75) is 33.2 Å². The Morgan fingerprint density at radius 1 is 1.12 bits per heavy atom. The molecule has 3 rings (SSSR count). The average molecular weight is 356 g/mol. The van der Waals surface area contributed by atoms with E-state index < -0.39 is 0 Å². The Bertz CT molecular complexity index is 733. The van der Waals surface area contributed by atoms with Crippen LogP contribution < -0.4 is 14.5 Å². The van der Waals surface area contributed by atoms with Crippen LogP contribution in [0.2, 0.25) is 0 Å². The van der Waals surface area contributed by atoms with Crippen molar-refractivity contribution in [3.63, 3.8) is 0 Å². The van der Waals surface area contributed by atoms with Crippen LogP contribution in [0.15, 0.2) is 36.4 Å². The third kappa shape index (κ3) is 4.13. The van der Waals surface area contributed by atoms with Crippen LogP contribution >= 0.6 is 0 Å². The largest absolute Gasteiger partial charge is 0.507 e. The number of ether oxygens (including phenoxy) is 1. The van der Waals surface area contributed by atoms with Gasteiger partial charge in [-0.15, -0.1) is 0 Å². The molecule has 2 aromatic rings. The molecule has 0 aromatic heterocycles. The number of quaternary nitrogens is 1. The molecule has 0 radical (unpaired) electrons. The van der Waals surface area contributed by atoms with Crippen molar-refractivity contribution >= 4 is 5.69 Å². The lowest BCUT2D eigenvalue weighted by atomic mass is 9.95. The van der Waals surface area contributed by atoms with Gasteiger partial charge in [-0.2, -0.15) is 0 Å². The number of hydrogen-bond acceptors (Lipinski definition) is 3. The SMILES string of the molecule is COc1ccc(N2CC[NH+](Cc3cc(C(C)C)c(C)cc3O)CC2)cc1. The first-order valence-corrected chi connectivity index (χ1v) is 9.53. The Labute approximate surface area is 157 Å². The fourth-order valence-electron chi connectivity index (χ4n) is 3.84.